The Balaban J connectivity index is 2.04. The highest BCUT2D eigenvalue weighted by Crippen LogP contribution is 2.21. The monoisotopic (exact) mass is 252 g/mol. The molecule has 2 aromatic rings. The van der Waals surface area contributed by atoms with Gasteiger partial charge in [0.25, 0.3) is 0 Å². The van der Waals surface area contributed by atoms with Crippen LogP contribution in [0.15, 0.2) is 34.2 Å². The molecule has 1 N–H and O–H groups in total. The van der Waals surface area contributed by atoms with Gasteiger partial charge >= 0.3 is 5.97 Å². The first kappa shape index (κ1) is 11.1. The van der Waals surface area contributed by atoms with Gasteiger partial charge in [-0.25, -0.2) is 14.8 Å². The van der Waals surface area contributed by atoms with Gasteiger partial charge in [-0.2, -0.15) is 0 Å². The van der Waals surface area contributed by atoms with E-state index in [9.17, 15) is 4.79 Å². The van der Waals surface area contributed by atoms with Crippen molar-refractivity contribution in [1.29, 1.82) is 0 Å². The zero-order chi connectivity index (χ0) is 11.4. The number of thiazole rings is 1. The SMILES string of the molecule is O=C(O)c1ccnc(SCc2cscn2)c1. The Kier molecular flexibility index (Phi) is 3.53. The summed E-state index contributed by atoms with van der Waals surface area (Å²) in [6.45, 7) is 0. The quantitative estimate of drug-likeness (QED) is 0.847. The van der Waals surface area contributed by atoms with Crippen LogP contribution in [0.2, 0.25) is 0 Å². The van der Waals surface area contributed by atoms with Crippen LogP contribution in [0.25, 0.3) is 0 Å². The van der Waals surface area contributed by atoms with E-state index in [1.165, 1.54) is 24.0 Å². The average molecular weight is 252 g/mol. The molecule has 0 bridgehead atoms. The van der Waals surface area contributed by atoms with Gasteiger partial charge in [0.05, 0.1) is 21.8 Å². The fourth-order valence-electron chi connectivity index (χ4n) is 1.08. The first-order valence-corrected chi connectivity index (χ1v) is 6.38. The van der Waals surface area contributed by atoms with Crippen LogP contribution in [0.4, 0.5) is 0 Å². The minimum Gasteiger partial charge on any atom is -0.478 e. The molecule has 2 heterocycles. The minimum atomic E-state index is -0.932. The third kappa shape index (κ3) is 2.80. The Morgan fingerprint density at radius 1 is 1.50 bits per heavy atom. The van der Waals surface area contributed by atoms with Crippen molar-refractivity contribution in [2.24, 2.45) is 0 Å². The zero-order valence-corrected chi connectivity index (χ0v) is 9.79. The molecule has 2 rings (SSSR count). The van der Waals surface area contributed by atoms with Crippen LogP contribution >= 0.6 is 23.1 Å². The van der Waals surface area contributed by atoms with Gasteiger partial charge in [-0.1, -0.05) is 11.8 Å². The standard InChI is InChI=1S/C10H8N2O2S2/c13-10(14)7-1-2-11-9(3-7)16-5-8-4-15-6-12-8/h1-4,6H,5H2,(H,13,14). The van der Waals surface area contributed by atoms with Gasteiger partial charge in [0, 0.05) is 17.3 Å². The van der Waals surface area contributed by atoms with E-state index in [1.807, 2.05) is 5.38 Å². The van der Waals surface area contributed by atoms with Crippen molar-refractivity contribution >= 4 is 29.1 Å². The summed E-state index contributed by atoms with van der Waals surface area (Å²) in [7, 11) is 0. The minimum absolute atomic E-state index is 0.260. The number of aromatic carboxylic acids is 1. The van der Waals surface area contributed by atoms with E-state index >= 15 is 0 Å². The number of hydrogen-bond donors (Lipinski definition) is 1. The van der Waals surface area contributed by atoms with E-state index in [0.717, 1.165) is 5.69 Å². The number of aromatic nitrogens is 2. The van der Waals surface area contributed by atoms with Crippen LogP contribution < -0.4 is 0 Å². The van der Waals surface area contributed by atoms with Crippen molar-refractivity contribution in [2.45, 2.75) is 10.8 Å². The summed E-state index contributed by atoms with van der Waals surface area (Å²) in [5.41, 5.74) is 3.02. The molecule has 4 nitrogen and oxygen atoms in total. The normalized spacial score (nSPS) is 10.2. The molecule has 0 fully saturated rings. The molecule has 0 saturated carbocycles. The second kappa shape index (κ2) is 5.09. The molecule has 0 aliphatic rings. The molecule has 0 unspecified atom stereocenters. The van der Waals surface area contributed by atoms with Gasteiger partial charge in [0.2, 0.25) is 0 Å². The third-order valence-corrected chi connectivity index (χ3v) is 3.43. The fraction of sp³-hybridized carbons (Fsp3) is 0.100. The molecule has 0 aromatic carbocycles. The molecule has 16 heavy (non-hydrogen) atoms. The topological polar surface area (TPSA) is 63.1 Å². The first-order chi connectivity index (χ1) is 7.75. The number of hydrogen-bond acceptors (Lipinski definition) is 5. The number of nitrogens with zero attached hydrogens (tertiary/aromatic N) is 2. The summed E-state index contributed by atoms with van der Waals surface area (Å²) in [6.07, 6.45) is 1.51. The van der Waals surface area contributed by atoms with Crippen LogP contribution in [-0.2, 0) is 5.75 Å². The molecule has 0 saturated heterocycles. The Labute approximate surface area is 100 Å². The maximum absolute atomic E-state index is 10.7. The number of thioether (sulfide) groups is 1. The maximum Gasteiger partial charge on any atom is 0.335 e. The van der Waals surface area contributed by atoms with Crippen LogP contribution in [0.3, 0.4) is 0 Å². The molecule has 0 aliphatic heterocycles. The van der Waals surface area contributed by atoms with E-state index in [4.69, 9.17) is 5.11 Å². The lowest BCUT2D eigenvalue weighted by Gasteiger charge is -1.99. The lowest BCUT2D eigenvalue weighted by atomic mass is 10.3. The molecular formula is C10H8N2O2S2. The van der Waals surface area contributed by atoms with Crippen LogP contribution in [0.5, 0.6) is 0 Å². The van der Waals surface area contributed by atoms with E-state index < -0.39 is 5.97 Å². The number of rotatable bonds is 4. The lowest BCUT2D eigenvalue weighted by Crippen LogP contribution is -1.96. The molecule has 0 amide bonds. The summed E-state index contributed by atoms with van der Waals surface area (Å²) >= 11 is 3.02. The molecule has 0 atom stereocenters. The zero-order valence-electron chi connectivity index (χ0n) is 8.16. The molecular weight excluding hydrogens is 244 g/mol. The highest BCUT2D eigenvalue weighted by atomic mass is 32.2. The second-order valence-electron chi connectivity index (χ2n) is 2.96. The third-order valence-electron chi connectivity index (χ3n) is 1.83. The fourth-order valence-corrected chi connectivity index (χ4v) is 2.54. The van der Waals surface area contributed by atoms with E-state index in [2.05, 4.69) is 9.97 Å². The van der Waals surface area contributed by atoms with Crippen LogP contribution in [0.1, 0.15) is 16.1 Å². The number of pyridine rings is 1. The van der Waals surface area contributed by atoms with Gasteiger partial charge in [-0.3, -0.25) is 0 Å². The molecule has 0 aliphatic carbocycles. The highest BCUT2D eigenvalue weighted by molar-refractivity contribution is 7.98. The van der Waals surface area contributed by atoms with Gasteiger partial charge in [-0.05, 0) is 12.1 Å². The lowest BCUT2D eigenvalue weighted by molar-refractivity contribution is 0.0696. The van der Waals surface area contributed by atoms with Crippen molar-refractivity contribution in [1.82, 2.24) is 9.97 Å². The molecule has 0 radical (unpaired) electrons. The molecule has 2 aromatic heterocycles. The van der Waals surface area contributed by atoms with Crippen LogP contribution in [0, 0.1) is 0 Å². The van der Waals surface area contributed by atoms with Gasteiger partial charge in [-0.15, -0.1) is 11.3 Å². The van der Waals surface area contributed by atoms with Crippen molar-refractivity contribution in [3.8, 4) is 0 Å². The maximum atomic E-state index is 10.7. The number of carboxylic acid groups (broad SMARTS) is 1. The highest BCUT2D eigenvalue weighted by Gasteiger charge is 2.05. The molecule has 82 valence electrons. The van der Waals surface area contributed by atoms with Crippen molar-refractivity contribution < 1.29 is 9.90 Å². The van der Waals surface area contributed by atoms with Gasteiger partial charge in [0.1, 0.15) is 0 Å². The van der Waals surface area contributed by atoms with E-state index in [-0.39, 0.29) is 5.56 Å². The summed E-state index contributed by atoms with van der Waals surface area (Å²) in [5, 5.41) is 11.5. The van der Waals surface area contributed by atoms with E-state index in [1.54, 1.807) is 22.9 Å². The summed E-state index contributed by atoms with van der Waals surface area (Å²) in [6, 6.07) is 3.05. The second-order valence-corrected chi connectivity index (χ2v) is 4.67. The summed E-state index contributed by atoms with van der Waals surface area (Å²) in [5.74, 6) is -0.225. The largest absolute Gasteiger partial charge is 0.478 e. The van der Waals surface area contributed by atoms with Crippen molar-refractivity contribution in [2.75, 3.05) is 0 Å². The predicted octanol–water partition coefficient (Wildman–Crippen LogP) is 2.53. The summed E-state index contributed by atoms with van der Waals surface area (Å²) in [4.78, 5) is 19.0. The van der Waals surface area contributed by atoms with E-state index in [0.29, 0.717) is 10.8 Å². The predicted molar refractivity (Wildman–Crippen MR) is 62.9 cm³/mol. The number of carbonyl (C=O) groups is 1. The van der Waals surface area contributed by atoms with Gasteiger partial charge in [0.15, 0.2) is 0 Å². The summed E-state index contributed by atoms with van der Waals surface area (Å²) < 4.78 is 0. The average Bonchev–Trinajstić information content (AvgIpc) is 2.79. The Bertz CT molecular complexity index is 485. The Morgan fingerprint density at radius 3 is 3.06 bits per heavy atom. The van der Waals surface area contributed by atoms with Gasteiger partial charge < -0.3 is 5.11 Å². The Morgan fingerprint density at radius 2 is 2.38 bits per heavy atom. The van der Waals surface area contributed by atoms with Crippen molar-refractivity contribution in [3.63, 3.8) is 0 Å². The first-order valence-electron chi connectivity index (χ1n) is 4.45. The Hall–Kier alpha value is -1.40. The molecule has 0 spiro atoms. The smallest absolute Gasteiger partial charge is 0.335 e. The number of carboxylic acids is 1. The molecule has 6 heteroatoms. The van der Waals surface area contributed by atoms with Crippen LogP contribution in [-0.4, -0.2) is 21.0 Å². The van der Waals surface area contributed by atoms with Crippen molar-refractivity contribution in [3.05, 3.63) is 40.5 Å².